The molecule has 0 bridgehead atoms. The van der Waals surface area contributed by atoms with Gasteiger partial charge in [0.25, 0.3) is 0 Å². The zero-order valence-corrected chi connectivity index (χ0v) is 10.0. The number of nitrogens with zero attached hydrogens (tertiary/aromatic N) is 3. The lowest BCUT2D eigenvalue weighted by atomic mass is 10.1. The van der Waals surface area contributed by atoms with Crippen molar-refractivity contribution in [2.75, 3.05) is 0 Å². The van der Waals surface area contributed by atoms with Gasteiger partial charge >= 0.3 is 0 Å². The third kappa shape index (κ3) is 1.68. The Balaban J connectivity index is 2.24. The molecule has 2 aromatic heterocycles. The van der Waals surface area contributed by atoms with Gasteiger partial charge in [0.15, 0.2) is 5.65 Å². The summed E-state index contributed by atoms with van der Waals surface area (Å²) in [6, 6.07) is 7.70. The van der Waals surface area contributed by atoms with E-state index >= 15 is 0 Å². The molecule has 1 aromatic carbocycles. The van der Waals surface area contributed by atoms with Crippen molar-refractivity contribution in [2.45, 2.75) is 6.92 Å². The zero-order chi connectivity index (χ0) is 11.8. The van der Waals surface area contributed by atoms with Crippen LogP contribution in [0.5, 0.6) is 0 Å². The van der Waals surface area contributed by atoms with E-state index < -0.39 is 0 Å². The van der Waals surface area contributed by atoms with Crippen molar-refractivity contribution in [2.24, 2.45) is 0 Å². The van der Waals surface area contributed by atoms with E-state index in [4.69, 9.17) is 11.6 Å². The highest BCUT2D eigenvalue weighted by Crippen LogP contribution is 2.24. The van der Waals surface area contributed by atoms with Gasteiger partial charge < -0.3 is 4.40 Å². The van der Waals surface area contributed by atoms with E-state index in [1.807, 2.05) is 41.8 Å². The molecular formula is C13H10ClN3. The molecule has 0 amide bonds. The second-order valence-electron chi connectivity index (χ2n) is 3.86. The van der Waals surface area contributed by atoms with Crippen molar-refractivity contribution in [3.63, 3.8) is 0 Å². The van der Waals surface area contributed by atoms with Gasteiger partial charge in [-0.1, -0.05) is 23.7 Å². The molecule has 3 rings (SSSR count). The van der Waals surface area contributed by atoms with Gasteiger partial charge in [0.1, 0.15) is 0 Å². The lowest BCUT2D eigenvalue weighted by Crippen LogP contribution is -1.87. The SMILES string of the molecule is Cc1c(-c2ccc(Cl)cc2)nc2cnccn12. The van der Waals surface area contributed by atoms with Gasteiger partial charge in [0.05, 0.1) is 11.9 Å². The number of fused-ring (bicyclic) bond motifs is 1. The maximum Gasteiger partial charge on any atom is 0.156 e. The number of aromatic nitrogens is 3. The number of hydrogen-bond donors (Lipinski definition) is 0. The Morgan fingerprint density at radius 2 is 1.94 bits per heavy atom. The largest absolute Gasteiger partial charge is 0.301 e. The van der Waals surface area contributed by atoms with Crippen LogP contribution in [0.3, 0.4) is 0 Å². The minimum absolute atomic E-state index is 0.733. The van der Waals surface area contributed by atoms with Crippen LogP contribution >= 0.6 is 11.6 Å². The minimum Gasteiger partial charge on any atom is -0.301 e. The fourth-order valence-corrected chi connectivity index (χ4v) is 2.04. The number of aryl methyl sites for hydroxylation is 1. The summed E-state index contributed by atoms with van der Waals surface area (Å²) in [6.45, 7) is 2.05. The van der Waals surface area contributed by atoms with E-state index in [0.717, 1.165) is 27.6 Å². The Kier molecular flexibility index (Phi) is 2.34. The molecule has 2 heterocycles. The molecule has 4 heteroatoms. The molecule has 17 heavy (non-hydrogen) atoms. The Morgan fingerprint density at radius 1 is 1.18 bits per heavy atom. The number of rotatable bonds is 1. The summed E-state index contributed by atoms with van der Waals surface area (Å²) < 4.78 is 2.02. The Labute approximate surface area is 104 Å². The van der Waals surface area contributed by atoms with E-state index in [-0.39, 0.29) is 0 Å². The van der Waals surface area contributed by atoms with Crippen LogP contribution in [0.1, 0.15) is 5.69 Å². The zero-order valence-electron chi connectivity index (χ0n) is 9.26. The van der Waals surface area contributed by atoms with Crippen LogP contribution in [0.4, 0.5) is 0 Å². The van der Waals surface area contributed by atoms with Crippen molar-refractivity contribution in [3.8, 4) is 11.3 Å². The molecular weight excluding hydrogens is 234 g/mol. The fraction of sp³-hybridized carbons (Fsp3) is 0.0769. The maximum atomic E-state index is 5.88. The number of hydrogen-bond acceptors (Lipinski definition) is 2. The van der Waals surface area contributed by atoms with Crippen molar-refractivity contribution >= 4 is 17.2 Å². The van der Waals surface area contributed by atoms with Crippen LogP contribution in [0, 0.1) is 6.92 Å². The second-order valence-corrected chi connectivity index (χ2v) is 4.29. The quantitative estimate of drug-likeness (QED) is 0.656. The standard InChI is InChI=1S/C13H10ClN3/c1-9-13(10-2-4-11(14)5-3-10)16-12-8-15-6-7-17(9)12/h2-8H,1H3. The van der Waals surface area contributed by atoms with Gasteiger partial charge in [-0.25, -0.2) is 4.98 Å². The van der Waals surface area contributed by atoms with Crippen molar-refractivity contribution in [1.82, 2.24) is 14.4 Å². The smallest absolute Gasteiger partial charge is 0.156 e. The fourth-order valence-electron chi connectivity index (χ4n) is 1.91. The molecule has 0 radical (unpaired) electrons. The van der Waals surface area contributed by atoms with Gasteiger partial charge in [0.2, 0.25) is 0 Å². The topological polar surface area (TPSA) is 30.2 Å². The molecule has 0 aliphatic heterocycles. The molecule has 0 N–H and O–H groups in total. The van der Waals surface area contributed by atoms with E-state index in [9.17, 15) is 0 Å². The molecule has 3 nitrogen and oxygen atoms in total. The Morgan fingerprint density at radius 3 is 2.65 bits per heavy atom. The van der Waals surface area contributed by atoms with Gasteiger partial charge in [0, 0.05) is 28.7 Å². The van der Waals surface area contributed by atoms with Crippen LogP contribution in [0.15, 0.2) is 42.9 Å². The Bertz CT molecular complexity index is 671. The van der Waals surface area contributed by atoms with Crippen LogP contribution in [0.2, 0.25) is 5.02 Å². The van der Waals surface area contributed by atoms with Gasteiger partial charge in [-0.15, -0.1) is 0 Å². The molecule has 84 valence electrons. The first-order valence-corrected chi connectivity index (χ1v) is 5.68. The summed E-state index contributed by atoms with van der Waals surface area (Å²) in [4.78, 5) is 8.64. The molecule has 0 fully saturated rings. The van der Waals surface area contributed by atoms with Crippen molar-refractivity contribution in [1.29, 1.82) is 0 Å². The number of benzene rings is 1. The third-order valence-corrected chi connectivity index (χ3v) is 3.04. The summed E-state index contributed by atoms with van der Waals surface area (Å²) in [5.41, 5.74) is 3.99. The minimum atomic E-state index is 0.733. The first kappa shape index (κ1) is 10.3. The lowest BCUT2D eigenvalue weighted by Gasteiger charge is -1.99. The third-order valence-electron chi connectivity index (χ3n) is 2.79. The highest BCUT2D eigenvalue weighted by Gasteiger charge is 2.09. The van der Waals surface area contributed by atoms with Gasteiger partial charge in [-0.2, -0.15) is 0 Å². The molecule has 0 aliphatic rings. The molecule has 0 atom stereocenters. The molecule has 0 saturated carbocycles. The molecule has 0 unspecified atom stereocenters. The average Bonchev–Trinajstić information content (AvgIpc) is 2.69. The van der Waals surface area contributed by atoms with E-state index in [1.165, 1.54) is 0 Å². The van der Waals surface area contributed by atoms with Crippen molar-refractivity contribution in [3.05, 3.63) is 53.6 Å². The van der Waals surface area contributed by atoms with Crippen LogP contribution in [-0.2, 0) is 0 Å². The average molecular weight is 244 g/mol. The predicted molar refractivity (Wildman–Crippen MR) is 68.2 cm³/mol. The normalized spacial score (nSPS) is 10.9. The summed E-state index contributed by atoms with van der Waals surface area (Å²) in [7, 11) is 0. The summed E-state index contributed by atoms with van der Waals surface area (Å²) in [5.74, 6) is 0. The maximum absolute atomic E-state index is 5.88. The summed E-state index contributed by atoms with van der Waals surface area (Å²) >= 11 is 5.88. The molecule has 0 saturated heterocycles. The predicted octanol–water partition coefficient (Wildman–Crippen LogP) is 3.36. The van der Waals surface area contributed by atoms with Crippen LogP contribution in [-0.4, -0.2) is 14.4 Å². The lowest BCUT2D eigenvalue weighted by molar-refractivity contribution is 1.08. The highest BCUT2D eigenvalue weighted by molar-refractivity contribution is 6.30. The van der Waals surface area contributed by atoms with Crippen LogP contribution in [0.25, 0.3) is 16.9 Å². The summed E-state index contributed by atoms with van der Waals surface area (Å²) in [5, 5.41) is 0.733. The molecule has 0 aliphatic carbocycles. The van der Waals surface area contributed by atoms with Crippen molar-refractivity contribution < 1.29 is 0 Å². The number of imidazole rings is 1. The van der Waals surface area contributed by atoms with Gasteiger partial charge in [-0.3, -0.25) is 4.98 Å². The first-order valence-electron chi connectivity index (χ1n) is 5.30. The second kappa shape index (κ2) is 3.86. The van der Waals surface area contributed by atoms with Gasteiger partial charge in [-0.05, 0) is 19.1 Å². The summed E-state index contributed by atoms with van der Waals surface area (Å²) in [6.07, 6.45) is 5.43. The van der Waals surface area contributed by atoms with Crippen LogP contribution < -0.4 is 0 Å². The van der Waals surface area contributed by atoms with E-state index in [2.05, 4.69) is 9.97 Å². The molecule has 0 spiro atoms. The monoisotopic (exact) mass is 243 g/mol. The number of halogens is 1. The van der Waals surface area contributed by atoms with E-state index in [0.29, 0.717) is 0 Å². The first-order chi connectivity index (χ1) is 8.25. The molecule has 3 aromatic rings. The Hall–Kier alpha value is -1.87. The van der Waals surface area contributed by atoms with E-state index in [1.54, 1.807) is 12.4 Å². The highest BCUT2D eigenvalue weighted by atomic mass is 35.5.